The molecule has 8 nitrogen and oxygen atoms in total. The molecule has 0 aliphatic rings. The molecule has 2 aromatic carbocycles. The molecule has 138 valence electrons. The van der Waals surface area contributed by atoms with Gasteiger partial charge in [0.1, 0.15) is 12.7 Å². The summed E-state index contributed by atoms with van der Waals surface area (Å²) in [5.74, 6) is -1.61. The summed E-state index contributed by atoms with van der Waals surface area (Å²) in [6.07, 6.45) is 3.49. The highest BCUT2D eigenvalue weighted by molar-refractivity contribution is 6.39. The third-order valence-electron chi connectivity index (χ3n) is 3.91. The number of rotatable bonds is 6. The molecule has 0 bridgehead atoms. The van der Waals surface area contributed by atoms with Crippen LogP contribution in [0.2, 0.25) is 0 Å². The second-order valence-electron chi connectivity index (χ2n) is 5.92. The van der Waals surface area contributed by atoms with E-state index in [4.69, 9.17) is 0 Å². The molecule has 1 heterocycles. The molecule has 27 heavy (non-hydrogen) atoms. The highest BCUT2D eigenvalue weighted by Crippen LogP contribution is 2.14. The van der Waals surface area contributed by atoms with E-state index in [-0.39, 0.29) is 6.61 Å². The van der Waals surface area contributed by atoms with Crippen LogP contribution in [0.3, 0.4) is 0 Å². The minimum absolute atomic E-state index is 0.267. The SMILES string of the molecule is O=C(Nc1cccc(-n2cnnc2)c1)C(=O)NC(CO)Cc1ccccc1. The predicted octanol–water partition coefficient (Wildman–Crippen LogP) is 0.926. The molecule has 8 heteroatoms. The second kappa shape index (κ2) is 8.72. The second-order valence-corrected chi connectivity index (χ2v) is 5.92. The Morgan fingerprint density at radius 3 is 2.44 bits per heavy atom. The molecule has 0 saturated carbocycles. The summed E-state index contributed by atoms with van der Waals surface area (Å²) in [7, 11) is 0. The maximum absolute atomic E-state index is 12.2. The minimum Gasteiger partial charge on any atom is -0.394 e. The van der Waals surface area contributed by atoms with Crippen molar-refractivity contribution in [2.45, 2.75) is 12.5 Å². The van der Waals surface area contributed by atoms with Crippen LogP contribution in [-0.4, -0.2) is 44.3 Å². The van der Waals surface area contributed by atoms with Crippen molar-refractivity contribution in [1.82, 2.24) is 20.1 Å². The molecule has 0 saturated heterocycles. The zero-order valence-electron chi connectivity index (χ0n) is 14.4. The van der Waals surface area contributed by atoms with Gasteiger partial charge >= 0.3 is 11.8 Å². The summed E-state index contributed by atoms with van der Waals surface area (Å²) in [5, 5.41) is 22.1. The van der Waals surface area contributed by atoms with Gasteiger partial charge in [-0.15, -0.1) is 10.2 Å². The van der Waals surface area contributed by atoms with E-state index in [1.54, 1.807) is 22.8 Å². The van der Waals surface area contributed by atoms with Crippen molar-refractivity contribution < 1.29 is 14.7 Å². The molecule has 0 spiro atoms. The molecular formula is C19H19N5O3. The molecule has 0 aliphatic carbocycles. The van der Waals surface area contributed by atoms with Crippen molar-refractivity contribution in [3.05, 3.63) is 72.8 Å². The normalized spacial score (nSPS) is 11.6. The van der Waals surface area contributed by atoms with Crippen molar-refractivity contribution in [3.8, 4) is 5.69 Å². The lowest BCUT2D eigenvalue weighted by Crippen LogP contribution is -2.44. The first kappa shape index (κ1) is 18.3. The number of hydrogen-bond donors (Lipinski definition) is 3. The Morgan fingerprint density at radius 2 is 1.74 bits per heavy atom. The number of amides is 2. The van der Waals surface area contributed by atoms with Gasteiger partial charge in [-0.25, -0.2) is 0 Å². The summed E-state index contributed by atoms with van der Waals surface area (Å²) in [6.45, 7) is -0.267. The van der Waals surface area contributed by atoms with Gasteiger partial charge in [-0.1, -0.05) is 36.4 Å². The monoisotopic (exact) mass is 365 g/mol. The first-order chi connectivity index (χ1) is 13.2. The van der Waals surface area contributed by atoms with Gasteiger partial charge in [0, 0.05) is 5.69 Å². The van der Waals surface area contributed by atoms with Crippen LogP contribution in [0.1, 0.15) is 5.56 Å². The number of carbonyl (C=O) groups is 2. The Hall–Kier alpha value is -3.52. The summed E-state index contributed by atoms with van der Waals surface area (Å²) < 4.78 is 1.68. The van der Waals surface area contributed by atoms with E-state index in [2.05, 4.69) is 20.8 Å². The Bertz CT molecular complexity index is 897. The molecule has 3 N–H and O–H groups in total. The van der Waals surface area contributed by atoms with Gasteiger partial charge in [0.25, 0.3) is 0 Å². The predicted molar refractivity (Wildman–Crippen MR) is 99.2 cm³/mol. The number of nitrogens with one attached hydrogen (secondary N) is 2. The molecule has 3 rings (SSSR count). The number of aromatic nitrogens is 3. The lowest BCUT2D eigenvalue weighted by molar-refractivity contribution is -0.136. The molecule has 0 aliphatic heterocycles. The van der Waals surface area contributed by atoms with E-state index in [0.29, 0.717) is 12.1 Å². The van der Waals surface area contributed by atoms with Crippen LogP contribution in [0.4, 0.5) is 5.69 Å². The Kier molecular flexibility index (Phi) is 5.91. The van der Waals surface area contributed by atoms with Crippen molar-refractivity contribution in [3.63, 3.8) is 0 Å². The van der Waals surface area contributed by atoms with E-state index >= 15 is 0 Å². The fourth-order valence-electron chi connectivity index (χ4n) is 2.58. The third-order valence-corrected chi connectivity index (χ3v) is 3.91. The fraction of sp³-hybridized carbons (Fsp3) is 0.158. The van der Waals surface area contributed by atoms with Crippen LogP contribution in [0.15, 0.2) is 67.3 Å². The lowest BCUT2D eigenvalue weighted by atomic mass is 10.1. The van der Waals surface area contributed by atoms with Gasteiger partial charge in [-0.3, -0.25) is 14.2 Å². The zero-order valence-corrected chi connectivity index (χ0v) is 14.4. The van der Waals surface area contributed by atoms with Crippen molar-refractivity contribution >= 4 is 17.5 Å². The standard InChI is InChI=1S/C19H19N5O3/c25-11-16(9-14-5-2-1-3-6-14)23-19(27)18(26)22-15-7-4-8-17(10-15)24-12-20-21-13-24/h1-8,10,12-13,16,25H,9,11H2,(H,22,26)(H,23,27). The van der Waals surface area contributed by atoms with E-state index in [1.165, 1.54) is 12.7 Å². The largest absolute Gasteiger partial charge is 0.394 e. The highest BCUT2D eigenvalue weighted by atomic mass is 16.3. The molecule has 1 unspecified atom stereocenters. The lowest BCUT2D eigenvalue weighted by Gasteiger charge is -2.16. The molecule has 0 fully saturated rings. The van der Waals surface area contributed by atoms with Crippen molar-refractivity contribution in [1.29, 1.82) is 0 Å². The maximum atomic E-state index is 12.2. The van der Waals surface area contributed by atoms with Crippen LogP contribution in [0.5, 0.6) is 0 Å². The average molecular weight is 365 g/mol. The molecule has 1 atom stereocenters. The number of nitrogens with zero attached hydrogens (tertiary/aromatic N) is 3. The van der Waals surface area contributed by atoms with Crippen LogP contribution in [-0.2, 0) is 16.0 Å². The van der Waals surface area contributed by atoms with Gasteiger partial charge in [-0.05, 0) is 30.2 Å². The van der Waals surface area contributed by atoms with Gasteiger partial charge in [0.05, 0.1) is 18.3 Å². The summed E-state index contributed by atoms with van der Waals surface area (Å²) >= 11 is 0. The number of aliphatic hydroxyl groups excluding tert-OH is 1. The van der Waals surface area contributed by atoms with Crippen LogP contribution in [0, 0.1) is 0 Å². The number of benzene rings is 2. The molecule has 3 aromatic rings. The fourth-order valence-corrected chi connectivity index (χ4v) is 2.58. The molecule has 1 aromatic heterocycles. The number of hydrogen-bond acceptors (Lipinski definition) is 5. The Labute approximate surface area is 155 Å². The molecular weight excluding hydrogens is 346 g/mol. The van der Waals surface area contributed by atoms with Crippen LogP contribution < -0.4 is 10.6 Å². The van der Waals surface area contributed by atoms with Gasteiger partial charge < -0.3 is 15.7 Å². The van der Waals surface area contributed by atoms with Gasteiger partial charge in [0.15, 0.2) is 0 Å². The number of carbonyl (C=O) groups excluding carboxylic acids is 2. The van der Waals surface area contributed by atoms with E-state index in [0.717, 1.165) is 11.3 Å². The van der Waals surface area contributed by atoms with E-state index < -0.39 is 17.9 Å². The number of anilines is 1. The first-order valence-corrected chi connectivity index (χ1v) is 8.37. The van der Waals surface area contributed by atoms with Gasteiger partial charge in [-0.2, -0.15) is 0 Å². The van der Waals surface area contributed by atoms with Crippen LogP contribution >= 0.6 is 0 Å². The van der Waals surface area contributed by atoms with Crippen molar-refractivity contribution in [2.75, 3.05) is 11.9 Å². The summed E-state index contributed by atoms with van der Waals surface area (Å²) in [6, 6.07) is 15.8. The zero-order chi connectivity index (χ0) is 19.1. The smallest absolute Gasteiger partial charge is 0.313 e. The maximum Gasteiger partial charge on any atom is 0.313 e. The Balaban J connectivity index is 1.60. The highest BCUT2D eigenvalue weighted by Gasteiger charge is 2.19. The first-order valence-electron chi connectivity index (χ1n) is 8.37. The van der Waals surface area contributed by atoms with E-state index in [9.17, 15) is 14.7 Å². The Morgan fingerprint density at radius 1 is 1.00 bits per heavy atom. The topological polar surface area (TPSA) is 109 Å². The summed E-state index contributed by atoms with van der Waals surface area (Å²) in [4.78, 5) is 24.3. The van der Waals surface area contributed by atoms with Crippen molar-refractivity contribution in [2.24, 2.45) is 0 Å². The molecule has 0 radical (unpaired) electrons. The average Bonchev–Trinajstić information content (AvgIpc) is 3.23. The quantitative estimate of drug-likeness (QED) is 0.563. The minimum atomic E-state index is -0.806. The van der Waals surface area contributed by atoms with E-state index in [1.807, 2.05) is 36.4 Å². The number of aliphatic hydroxyl groups is 1. The molecule has 2 amide bonds. The van der Waals surface area contributed by atoms with Crippen LogP contribution in [0.25, 0.3) is 5.69 Å². The van der Waals surface area contributed by atoms with Gasteiger partial charge in [0.2, 0.25) is 0 Å². The summed E-state index contributed by atoms with van der Waals surface area (Å²) in [5.41, 5.74) is 2.17. The third kappa shape index (κ3) is 4.99.